The quantitative estimate of drug-likeness (QED) is 0.656. The highest BCUT2D eigenvalue weighted by atomic mass is 79.9. The molecule has 2 aliphatic rings. The topological polar surface area (TPSA) is 18.5 Å². The third-order valence-electron chi connectivity index (χ3n) is 4.66. The molecule has 1 saturated carbocycles. The smallest absolute Gasteiger partial charge is 0.133 e. The summed E-state index contributed by atoms with van der Waals surface area (Å²) in [5.41, 5.74) is 1.19. The molecule has 1 heterocycles. The molecule has 0 amide bonds. The summed E-state index contributed by atoms with van der Waals surface area (Å²) in [7, 11) is 0. The zero-order valence-corrected chi connectivity index (χ0v) is 14.6. The maximum atomic E-state index is 6.24. The fraction of sp³-hybridized carbons (Fsp3) is 0.647. The molecule has 1 aromatic carbocycles. The zero-order chi connectivity index (χ0) is 14.7. The standard InChI is InChI=1S/C17H22BrClO2/c18-15-10-13(12-19)4-5-16(15)21-14-6-9-20-17(11-14)7-2-1-3-8-17/h4-5,10,14H,1-3,6-9,11-12H2. The first-order valence-corrected chi connectivity index (χ1v) is 9.19. The normalized spacial score (nSPS) is 25.0. The van der Waals surface area contributed by atoms with Crippen LogP contribution in [0.3, 0.4) is 0 Å². The molecule has 3 rings (SSSR count). The molecule has 0 bridgehead atoms. The second kappa shape index (κ2) is 6.89. The number of rotatable bonds is 3. The fourth-order valence-corrected chi connectivity index (χ4v) is 4.22. The number of alkyl halides is 1. The van der Waals surface area contributed by atoms with E-state index in [-0.39, 0.29) is 11.7 Å². The van der Waals surface area contributed by atoms with E-state index in [2.05, 4.69) is 15.9 Å². The molecule has 0 N–H and O–H groups in total. The van der Waals surface area contributed by atoms with Crippen molar-refractivity contribution in [2.24, 2.45) is 0 Å². The average molecular weight is 374 g/mol. The van der Waals surface area contributed by atoms with Gasteiger partial charge in [-0.25, -0.2) is 0 Å². The molecule has 21 heavy (non-hydrogen) atoms. The van der Waals surface area contributed by atoms with Crippen molar-refractivity contribution in [1.29, 1.82) is 0 Å². The van der Waals surface area contributed by atoms with Gasteiger partial charge in [-0.15, -0.1) is 11.6 Å². The Labute approximate surface area is 140 Å². The van der Waals surface area contributed by atoms with Crippen molar-refractivity contribution in [2.75, 3.05) is 6.61 Å². The summed E-state index contributed by atoms with van der Waals surface area (Å²) < 4.78 is 13.4. The lowest BCUT2D eigenvalue weighted by molar-refractivity contribution is -0.129. The number of hydrogen-bond acceptors (Lipinski definition) is 2. The molecular weight excluding hydrogens is 352 g/mol. The molecule has 0 aromatic heterocycles. The molecule has 2 nitrogen and oxygen atoms in total. The van der Waals surface area contributed by atoms with Crippen molar-refractivity contribution in [1.82, 2.24) is 0 Å². The summed E-state index contributed by atoms with van der Waals surface area (Å²) >= 11 is 9.45. The van der Waals surface area contributed by atoms with E-state index >= 15 is 0 Å². The molecule has 1 spiro atoms. The van der Waals surface area contributed by atoms with Gasteiger partial charge in [-0.2, -0.15) is 0 Å². The van der Waals surface area contributed by atoms with Gasteiger partial charge in [-0.05, 0) is 46.5 Å². The Morgan fingerprint density at radius 1 is 1.29 bits per heavy atom. The van der Waals surface area contributed by atoms with Crippen molar-refractivity contribution in [3.8, 4) is 5.75 Å². The van der Waals surface area contributed by atoms with Crippen LogP contribution in [0.4, 0.5) is 0 Å². The van der Waals surface area contributed by atoms with Crippen LogP contribution in [0.5, 0.6) is 5.75 Å². The molecule has 1 atom stereocenters. The zero-order valence-electron chi connectivity index (χ0n) is 12.2. The number of ether oxygens (including phenoxy) is 2. The van der Waals surface area contributed by atoms with Gasteiger partial charge in [0.2, 0.25) is 0 Å². The van der Waals surface area contributed by atoms with Crippen molar-refractivity contribution >= 4 is 27.5 Å². The second-order valence-electron chi connectivity index (χ2n) is 6.22. The Bertz CT molecular complexity index is 480. The highest BCUT2D eigenvalue weighted by Crippen LogP contribution is 2.40. The minimum atomic E-state index is 0.0870. The monoisotopic (exact) mass is 372 g/mol. The Hall–Kier alpha value is -0.250. The van der Waals surface area contributed by atoms with E-state index in [0.29, 0.717) is 5.88 Å². The van der Waals surface area contributed by atoms with Crippen LogP contribution in [-0.2, 0) is 10.6 Å². The summed E-state index contributed by atoms with van der Waals surface area (Å²) in [6.07, 6.45) is 8.58. The lowest BCUT2D eigenvalue weighted by atomic mass is 9.79. The van der Waals surface area contributed by atoms with Gasteiger partial charge in [0.1, 0.15) is 11.9 Å². The number of benzene rings is 1. The maximum Gasteiger partial charge on any atom is 0.133 e. The van der Waals surface area contributed by atoms with E-state index in [1.165, 1.54) is 32.1 Å². The summed E-state index contributed by atoms with van der Waals surface area (Å²) in [6, 6.07) is 6.09. The predicted octanol–water partition coefficient (Wildman–Crippen LogP) is 5.45. The fourth-order valence-electron chi connectivity index (χ4n) is 3.53. The van der Waals surface area contributed by atoms with Crippen LogP contribution in [0, 0.1) is 0 Å². The van der Waals surface area contributed by atoms with Gasteiger partial charge in [-0.3, -0.25) is 0 Å². The van der Waals surface area contributed by atoms with E-state index in [0.717, 1.165) is 35.2 Å². The number of halogens is 2. The van der Waals surface area contributed by atoms with Crippen LogP contribution >= 0.6 is 27.5 Å². The molecule has 2 fully saturated rings. The minimum absolute atomic E-state index is 0.0870. The van der Waals surface area contributed by atoms with Crippen LogP contribution in [0.2, 0.25) is 0 Å². The van der Waals surface area contributed by atoms with Crippen LogP contribution in [-0.4, -0.2) is 18.3 Å². The van der Waals surface area contributed by atoms with Crippen molar-refractivity contribution in [3.05, 3.63) is 28.2 Å². The van der Waals surface area contributed by atoms with E-state index in [9.17, 15) is 0 Å². The van der Waals surface area contributed by atoms with Gasteiger partial charge in [0.05, 0.1) is 16.7 Å². The van der Waals surface area contributed by atoms with Gasteiger partial charge >= 0.3 is 0 Å². The van der Waals surface area contributed by atoms with Gasteiger partial charge in [0, 0.05) is 18.7 Å². The first-order valence-electron chi connectivity index (χ1n) is 7.86. The molecular formula is C17H22BrClO2. The molecule has 1 aromatic rings. The van der Waals surface area contributed by atoms with Crippen LogP contribution in [0.1, 0.15) is 50.5 Å². The highest BCUT2D eigenvalue weighted by molar-refractivity contribution is 9.10. The van der Waals surface area contributed by atoms with E-state index < -0.39 is 0 Å². The van der Waals surface area contributed by atoms with Gasteiger partial charge in [0.25, 0.3) is 0 Å². The van der Waals surface area contributed by atoms with E-state index in [1.54, 1.807) is 0 Å². The predicted molar refractivity (Wildman–Crippen MR) is 89.1 cm³/mol. The summed E-state index contributed by atoms with van der Waals surface area (Å²) in [4.78, 5) is 0. The first kappa shape index (κ1) is 15.6. The van der Waals surface area contributed by atoms with Gasteiger partial charge < -0.3 is 9.47 Å². The van der Waals surface area contributed by atoms with Gasteiger partial charge in [-0.1, -0.05) is 25.3 Å². The molecule has 1 aliphatic carbocycles. The maximum absolute atomic E-state index is 6.24. The minimum Gasteiger partial charge on any atom is -0.489 e. The van der Waals surface area contributed by atoms with E-state index in [1.807, 2.05) is 18.2 Å². The summed E-state index contributed by atoms with van der Waals surface area (Å²) in [6.45, 7) is 0.821. The SMILES string of the molecule is ClCc1ccc(OC2CCOC3(CCCCC3)C2)c(Br)c1. The Kier molecular flexibility index (Phi) is 5.13. The lowest BCUT2D eigenvalue weighted by Crippen LogP contribution is -2.45. The molecule has 4 heteroatoms. The van der Waals surface area contributed by atoms with Crippen molar-refractivity contribution in [3.63, 3.8) is 0 Å². The average Bonchev–Trinajstić information content (AvgIpc) is 2.50. The van der Waals surface area contributed by atoms with Crippen molar-refractivity contribution < 1.29 is 9.47 Å². The molecule has 116 valence electrons. The Morgan fingerprint density at radius 2 is 2.10 bits per heavy atom. The first-order chi connectivity index (χ1) is 10.2. The Morgan fingerprint density at radius 3 is 2.81 bits per heavy atom. The summed E-state index contributed by atoms with van der Waals surface area (Å²) in [5, 5.41) is 0. The van der Waals surface area contributed by atoms with Crippen LogP contribution in [0.15, 0.2) is 22.7 Å². The second-order valence-corrected chi connectivity index (χ2v) is 7.34. The molecule has 1 saturated heterocycles. The molecule has 1 unspecified atom stereocenters. The third kappa shape index (κ3) is 3.75. The van der Waals surface area contributed by atoms with Gasteiger partial charge in [0.15, 0.2) is 0 Å². The summed E-state index contributed by atoms with van der Waals surface area (Å²) in [5.74, 6) is 1.45. The van der Waals surface area contributed by atoms with Crippen LogP contribution < -0.4 is 4.74 Å². The number of hydrogen-bond donors (Lipinski definition) is 0. The molecule has 0 radical (unpaired) electrons. The van der Waals surface area contributed by atoms with E-state index in [4.69, 9.17) is 21.1 Å². The Balaban J connectivity index is 1.67. The van der Waals surface area contributed by atoms with Crippen LogP contribution in [0.25, 0.3) is 0 Å². The lowest BCUT2D eigenvalue weighted by Gasteiger charge is -2.43. The third-order valence-corrected chi connectivity index (χ3v) is 5.59. The largest absolute Gasteiger partial charge is 0.489 e. The molecule has 1 aliphatic heterocycles. The van der Waals surface area contributed by atoms with Crippen molar-refractivity contribution in [2.45, 2.75) is 62.5 Å². The highest BCUT2D eigenvalue weighted by Gasteiger charge is 2.39.